The second-order valence-corrected chi connectivity index (χ2v) is 5.88. The Morgan fingerprint density at radius 1 is 1.15 bits per heavy atom. The Balaban J connectivity index is 1.82. The van der Waals surface area contributed by atoms with Crippen LogP contribution in [0.5, 0.6) is 5.75 Å². The van der Waals surface area contributed by atoms with E-state index in [4.69, 9.17) is 4.74 Å². The van der Waals surface area contributed by atoms with Gasteiger partial charge in [0.15, 0.2) is 0 Å². The van der Waals surface area contributed by atoms with Crippen LogP contribution in [-0.4, -0.2) is 27.8 Å². The van der Waals surface area contributed by atoms with E-state index in [0.29, 0.717) is 23.6 Å². The molecule has 1 heterocycles. The van der Waals surface area contributed by atoms with Crippen molar-refractivity contribution < 1.29 is 9.53 Å². The van der Waals surface area contributed by atoms with E-state index in [2.05, 4.69) is 15.4 Å². The maximum absolute atomic E-state index is 12.6. The molecule has 27 heavy (non-hydrogen) atoms. The summed E-state index contributed by atoms with van der Waals surface area (Å²) < 4.78 is 6.22. The number of hydrogen-bond acceptors (Lipinski definition) is 5. The smallest absolute Gasteiger partial charge is 0.365 e. The van der Waals surface area contributed by atoms with Crippen molar-refractivity contribution in [1.82, 2.24) is 14.8 Å². The highest BCUT2D eigenvalue weighted by Gasteiger charge is 2.22. The molecular weight excluding hydrogens is 344 g/mol. The average Bonchev–Trinajstić information content (AvgIpc) is 2.71. The summed E-state index contributed by atoms with van der Waals surface area (Å²) in [6.45, 7) is 1.82. The summed E-state index contributed by atoms with van der Waals surface area (Å²) in [7, 11) is 1.57. The van der Waals surface area contributed by atoms with Crippen LogP contribution in [0.15, 0.2) is 65.6 Å². The Morgan fingerprint density at radius 3 is 2.44 bits per heavy atom. The van der Waals surface area contributed by atoms with Crippen molar-refractivity contribution in [3.63, 3.8) is 0 Å². The van der Waals surface area contributed by atoms with Gasteiger partial charge in [0.25, 0.3) is 0 Å². The minimum Gasteiger partial charge on any atom is -0.497 e. The van der Waals surface area contributed by atoms with E-state index in [1.54, 1.807) is 31.4 Å². The Bertz CT molecular complexity index is 969. The minimum absolute atomic E-state index is 0.327. The van der Waals surface area contributed by atoms with Crippen molar-refractivity contribution in [2.75, 3.05) is 12.4 Å². The highest BCUT2D eigenvalue weighted by Crippen LogP contribution is 2.18. The van der Waals surface area contributed by atoms with Crippen molar-refractivity contribution in [3.05, 3.63) is 71.3 Å². The van der Waals surface area contributed by atoms with Gasteiger partial charge in [-0.05, 0) is 30.7 Å². The van der Waals surface area contributed by atoms with Crippen molar-refractivity contribution in [3.8, 4) is 17.0 Å². The van der Waals surface area contributed by atoms with Gasteiger partial charge >= 0.3 is 5.69 Å². The van der Waals surface area contributed by atoms with Gasteiger partial charge in [-0.25, -0.2) is 9.48 Å². The standard InChI is InChI=1S/C20H20N4O3/c1-3-18(19(25)22-15-9-11-16(27-2)12-10-15)24-20(26)23-17(13-21-24)14-7-5-4-6-8-14/h4-13,18H,3H2,1-2H3,(H,22,25)/t18-/m1/s1. The van der Waals surface area contributed by atoms with Crippen molar-refractivity contribution in [1.29, 1.82) is 0 Å². The predicted octanol–water partition coefficient (Wildman–Crippen LogP) is 2.90. The summed E-state index contributed by atoms with van der Waals surface area (Å²) in [4.78, 5) is 29.2. The lowest BCUT2D eigenvalue weighted by molar-refractivity contribution is -0.119. The van der Waals surface area contributed by atoms with E-state index in [1.165, 1.54) is 6.20 Å². The number of nitrogens with one attached hydrogen (secondary N) is 1. The summed E-state index contributed by atoms with van der Waals surface area (Å²) in [5.74, 6) is 0.366. The molecule has 0 saturated heterocycles. The van der Waals surface area contributed by atoms with E-state index < -0.39 is 11.7 Å². The van der Waals surface area contributed by atoms with Gasteiger partial charge < -0.3 is 10.1 Å². The number of hydrogen-bond donors (Lipinski definition) is 1. The predicted molar refractivity (Wildman–Crippen MR) is 103 cm³/mol. The van der Waals surface area contributed by atoms with Crippen molar-refractivity contribution in [2.45, 2.75) is 19.4 Å². The fourth-order valence-electron chi connectivity index (χ4n) is 2.68. The molecule has 0 aliphatic rings. The molecule has 0 aliphatic carbocycles. The van der Waals surface area contributed by atoms with E-state index in [-0.39, 0.29) is 5.91 Å². The Hall–Kier alpha value is -3.48. The number of amides is 1. The molecule has 1 amide bonds. The van der Waals surface area contributed by atoms with Gasteiger partial charge in [-0.3, -0.25) is 4.79 Å². The third kappa shape index (κ3) is 4.20. The summed E-state index contributed by atoms with van der Waals surface area (Å²) in [5, 5.41) is 6.97. The monoisotopic (exact) mass is 364 g/mol. The highest BCUT2D eigenvalue weighted by atomic mass is 16.5. The zero-order valence-corrected chi connectivity index (χ0v) is 15.1. The SMILES string of the molecule is CC[C@H](C(=O)Nc1ccc(OC)cc1)n1ncc(-c2ccccc2)nc1=O. The largest absolute Gasteiger partial charge is 0.497 e. The Morgan fingerprint density at radius 2 is 1.85 bits per heavy atom. The first kappa shape index (κ1) is 18.3. The molecule has 7 heteroatoms. The molecule has 2 aromatic carbocycles. The number of carbonyl (C=O) groups excluding carboxylic acids is 1. The summed E-state index contributed by atoms with van der Waals surface area (Å²) in [6, 6.07) is 15.5. The van der Waals surface area contributed by atoms with Crippen molar-refractivity contribution in [2.24, 2.45) is 0 Å². The number of benzene rings is 2. The first-order valence-electron chi connectivity index (χ1n) is 8.58. The molecule has 1 aromatic heterocycles. The maximum Gasteiger partial charge on any atom is 0.365 e. The van der Waals surface area contributed by atoms with Crippen LogP contribution in [0, 0.1) is 0 Å². The topological polar surface area (TPSA) is 86.1 Å². The van der Waals surface area contributed by atoms with Crippen LogP contribution in [0.4, 0.5) is 5.69 Å². The van der Waals surface area contributed by atoms with Crippen LogP contribution in [0.1, 0.15) is 19.4 Å². The number of ether oxygens (including phenoxy) is 1. The van der Waals surface area contributed by atoms with Crippen LogP contribution < -0.4 is 15.7 Å². The quantitative estimate of drug-likeness (QED) is 0.727. The Labute approximate surface area is 156 Å². The van der Waals surface area contributed by atoms with E-state index >= 15 is 0 Å². The summed E-state index contributed by atoms with van der Waals surface area (Å²) >= 11 is 0. The maximum atomic E-state index is 12.6. The van der Waals surface area contributed by atoms with Crippen LogP contribution in [0.25, 0.3) is 11.3 Å². The zero-order valence-electron chi connectivity index (χ0n) is 15.1. The number of anilines is 1. The minimum atomic E-state index is -0.753. The van der Waals surface area contributed by atoms with E-state index in [0.717, 1.165) is 10.2 Å². The first-order valence-corrected chi connectivity index (χ1v) is 8.58. The van der Waals surface area contributed by atoms with Gasteiger partial charge in [-0.2, -0.15) is 10.1 Å². The lowest BCUT2D eigenvalue weighted by Gasteiger charge is -2.16. The van der Waals surface area contributed by atoms with Crippen molar-refractivity contribution >= 4 is 11.6 Å². The van der Waals surface area contributed by atoms with Gasteiger partial charge in [0.2, 0.25) is 5.91 Å². The second kappa shape index (κ2) is 8.27. The molecule has 0 radical (unpaired) electrons. The summed E-state index contributed by atoms with van der Waals surface area (Å²) in [6.07, 6.45) is 1.90. The average molecular weight is 364 g/mol. The molecular formula is C20H20N4O3. The number of aromatic nitrogens is 3. The Kier molecular flexibility index (Phi) is 5.61. The lowest BCUT2D eigenvalue weighted by atomic mass is 10.2. The zero-order chi connectivity index (χ0) is 19.2. The molecule has 138 valence electrons. The van der Waals surface area contributed by atoms with Gasteiger partial charge in [0, 0.05) is 11.3 Å². The number of carbonyl (C=O) groups is 1. The van der Waals surface area contributed by atoms with E-state index in [9.17, 15) is 9.59 Å². The molecule has 0 bridgehead atoms. The summed E-state index contributed by atoms with van der Waals surface area (Å²) in [5.41, 5.74) is 1.32. The molecule has 1 atom stereocenters. The number of rotatable bonds is 6. The van der Waals surface area contributed by atoms with Crippen LogP contribution in [0.2, 0.25) is 0 Å². The van der Waals surface area contributed by atoms with Crippen LogP contribution >= 0.6 is 0 Å². The normalized spacial score (nSPS) is 11.6. The number of nitrogens with zero attached hydrogens (tertiary/aromatic N) is 3. The molecule has 7 nitrogen and oxygen atoms in total. The first-order chi connectivity index (χ1) is 13.1. The molecule has 0 saturated carbocycles. The van der Waals surface area contributed by atoms with Crippen LogP contribution in [0.3, 0.4) is 0 Å². The molecule has 0 fully saturated rings. The molecule has 1 N–H and O–H groups in total. The highest BCUT2D eigenvalue weighted by molar-refractivity contribution is 5.93. The molecule has 3 aromatic rings. The van der Waals surface area contributed by atoms with Gasteiger partial charge in [-0.15, -0.1) is 0 Å². The third-order valence-corrected chi connectivity index (χ3v) is 4.13. The molecule has 3 rings (SSSR count). The number of methoxy groups -OCH3 is 1. The lowest BCUT2D eigenvalue weighted by Crippen LogP contribution is -2.36. The fraction of sp³-hybridized carbons (Fsp3) is 0.200. The molecule has 0 aliphatic heterocycles. The van der Waals surface area contributed by atoms with Crippen LogP contribution in [-0.2, 0) is 4.79 Å². The molecule has 0 unspecified atom stereocenters. The van der Waals surface area contributed by atoms with E-state index in [1.807, 2.05) is 37.3 Å². The molecule has 0 spiro atoms. The second-order valence-electron chi connectivity index (χ2n) is 5.88. The van der Waals surface area contributed by atoms with Gasteiger partial charge in [-0.1, -0.05) is 37.3 Å². The van der Waals surface area contributed by atoms with Gasteiger partial charge in [0.1, 0.15) is 11.8 Å². The van der Waals surface area contributed by atoms with Gasteiger partial charge in [0.05, 0.1) is 19.0 Å². The fourth-order valence-corrected chi connectivity index (χ4v) is 2.68. The third-order valence-electron chi connectivity index (χ3n) is 4.13.